The third-order valence-corrected chi connectivity index (χ3v) is 8.49. The van der Waals surface area contributed by atoms with Crippen LogP contribution in [0.5, 0.6) is 0 Å². The van der Waals surface area contributed by atoms with E-state index in [1.807, 2.05) is 0 Å². The van der Waals surface area contributed by atoms with E-state index in [0.29, 0.717) is 5.92 Å². The van der Waals surface area contributed by atoms with E-state index < -0.39 is 0 Å². The van der Waals surface area contributed by atoms with Crippen LogP contribution in [0.2, 0.25) is 0 Å². The van der Waals surface area contributed by atoms with Crippen LogP contribution in [0.25, 0.3) is 66.1 Å². The molecule has 2 aromatic heterocycles. The Morgan fingerprint density at radius 1 is 0.439 bits per heavy atom. The fraction of sp³-hybridized carbons (Fsp3) is 0.0769. The molecule has 0 fully saturated rings. The van der Waals surface area contributed by atoms with Crippen molar-refractivity contribution in [2.45, 2.75) is 19.8 Å². The Bertz CT molecular complexity index is 2230. The topological polar surface area (TPSA) is 9.86 Å². The van der Waals surface area contributed by atoms with Crippen molar-refractivity contribution < 1.29 is 0 Å². The molecule has 2 heteroatoms. The zero-order valence-corrected chi connectivity index (χ0v) is 23.3. The lowest BCUT2D eigenvalue weighted by atomic mass is 9.99. The Hall–Kier alpha value is -5.08. The third kappa shape index (κ3) is 3.64. The van der Waals surface area contributed by atoms with E-state index in [1.165, 1.54) is 71.7 Å². The highest BCUT2D eigenvalue weighted by Crippen LogP contribution is 2.40. The lowest BCUT2D eigenvalue weighted by molar-refractivity contribution is 0.868. The summed E-state index contributed by atoms with van der Waals surface area (Å²) in [7, 11) is 0. The molecule has 2 heterocycles. The van der Waals surface area contributed by atoms with Gasteiger partial charge in [0.2, 0.25) is 0 Å². The second kappa shape index (κ2) is 9.25. The lowest BCUT2D eigenvalue weighted by Gasteiger charge is -2.12. The summed E-state index contributed by atoms with van der Waals surface area (Å²) in [5.41, 5.74) is 11.1. The molecule has 6 aromatic carbocycles. The highest BCUT2D eigenvalue weighted by atomic mass is 15.0. The van der Waals surface area contributed by atoms with Gasteiger partial charge in [-0.25, -0.2) is 0 Å². The summed E-state index contributed by atoms with van der Waals surface area (Å²) >= 11 is 0. The van der Waals surface area contributed by atoms with Crippen molar-refractivity contribution >= 4 is 43.6 Å². The molecule has 0 aliphatic carbocycles. The predicted octanol–water partition coefficient (Wildman–Crippen LogP) is 10.7. The van der Waals surface area contributed by atoms with Gasteiger partial charge in [0, 0.05) is 32.9 Å². The quantitative estimate of drug-likeness (QED) is 0.216. The molecule has 0 aliphatic heterocycles. The van der Waals surface area contributed by atoms with Gasteiger partial charge in [0.15, 0.2) is 0 Å². The molecule has 0 bridgehead atoms. The minimum Gasteiger partial charge on any atom is -0.309 e. The maximum Gasteiger partial charge on any atom is 0.0547 e. The molecule has 41 heavy (non-hydrogen) atoms. The summed E-state index contributed by atoms with van der Waals surface area (Å²) in [6.45, 7) is 4.53. The molecule has 0 atom stereocenters. The number of fused-ring (bicyclic) bond motifs is 6. The second-order valence-electron chi connectivity index (χ2n) is 11.2. The van der Waals surface area contributed by atoms with Crippen molar-refractivity contribution in [1.29, 1.82) is 0 Å². The van der Waals surface area contributed by atoms with Gasteiger partial charge in [0.1, 0.15) is 0 Å². The first-order valence-corrected chi connectivity index (χ1v) is 14.4. The average Bonchev–Trinajstić information content (AvgIpc) is 3.54. The van der Waals surface area contributed by atoms with Gasteiger partial charge in [-0.2, -0.15) is 0 Å². The van der Waals surface area contributed by atoms with Crippen LogP contribution in [-0.2, 0) is 0 Å². The van der Waals surface area contributed by atoms with Gasteiger partial charge in [-0.15, -0.1) is 0 Å². The van der Waals surface area contributed by atoms with E-state index >= 15 is 0 Å². The second-order valence-corrected chi connectivity index (χ2v) is 11.2. The first-order chi connectivity index (χ1) is 20.2. The number of hydrogen-bond acceptors (Lipinski definition) is 0. The summed E-state index contributed by atoms with van der Waals surface area (Å²) in [4.78, 5) is 0. The summed E-state index contributed by atoms with van der Waals surface area (Å²) in [6, 6.07) is 50.9. The van der Waals surface area contributed by atoms with Crippen LogP contribution in [0, 0.1) is 0 Å². The monoisotopic (exact) mass is 526 g/mol. The largest absolute Gasteiger partial charge is 0.309 e. The van der Waals surface area contributed by atoms with Gasteiger partial charge >= 0.3 is 0 Å². The minimum absolute atomic E-state index is 0.489. The SMILES string of the molecule is CC(C)c1ccc2c(c1)c1ccccc1n2-c1cccc(-c2cccc3c2c2ccccc2n3-c2ccccc2)c1. The maximum absolute atomic E-state index is 2.42. The van der Waals surface area contributed by atoms with Crippen molar-refractivity contribution in [2.24, 2.45) is 0 Å². The highest BCUT2D eigenvalue weighted by Gasteiger charge is 2.17. The average molecular weight is 527 g/mol. The Kier molecular flexibility index (Phi) is 5.36. The molecule has 8 rings (SSSR count). The molecule has 0 unspecified atom stereocenters. The Balaban J connectivity index is 1.39. The van der Waals surface area contributed by atoms with E-state index in [4.69, 9.17) is 0 Å². The van der Waals surface area contributed by atoms with Crippen molar-refractivity contribution in [3.63, 3.8) is 0 Å². The molecule has 196 valence electrons. The standard InChI is InChI=1S/C39H30N2/c1-26(2)27-22-23-37-34(25-27)32-16-6-8-19-35(32)41(37)30-15-10-12-28(24-30)31-18-11-21-38-39(31)33-17-7-9-20-36(33)40(38)29-13-4-3-5-14-29/h3-26H,1-2H3. The van der Waals surface area contributed by atoms with E-state index in [9.17, 15) is 0 Å². The number of nitrogens with zero attached hydrogens (tertiary/aromatic N) is 2. The molecule has 0 amide bonds. The van der Waals surface area contributed by atoms with Crippen LogP contribution in [0.3, 0.4) is 0 Å². The molecule has 2 nitrogen and oxygen atoms in total. The molecule has 0 saturated heterocycles. The zero-order chi connectivity index (χ0) is 27.5. The normalized spacial score (nSPS) is 11.9. The van der Waals surface area contributed by atoms with Gasteiger partial charge in [-0.1, -0.05) is 98.8 Å². The summed E-state index contributed by atoms with van der Waals surface area (Å²) in [6.07, 6.45) is 0. The lowest BCUT2D eigenvalue weighted by Crippen LogP contribution is -1.95. The molecule has 0 spiro atoms. The van der Waals surface area contributed by atoms with Gasteiger partial charge in [-0.05, 0) is 77.2 Å². The summed E-state index contributed by atoms with van der Waals surface area (Å²) in [5.74, 6) is 0.489. The molecule has 0 radical (unpaired) electrons. The molecule has 8 aromatic rings. The van der Waals surface area contributed by atoms with Crippen molar-refractivity contribution in [3.05, 3.63) is 145 Å². The van der Waals surface area contributed by atoms with Gasteiger partial charge in [0.05, 0.1) is 22.1 Å². The van der Waals surface area contributed by atoms with E-state index in [1.54, 1.807) is 0 Å². The number of para-hydroxylation sites is 3. The van der Waals surface area contributed by atoms with Crippen molar-refractivity contribution in [3.8, 4) is 22.5 Å². The highest BCUT2D eigenvalue weighted by molar-refractivity contribution is 6.16. The number of rotatable bonds is 4. The van der Waals surface area contributed by atoms with E-state index in [0.717, 1.165) is 0 Å². The van der Waals surface area contributed by atoms with Crippen LogP contribution >= 0.6 is 0 Å². The molecule has 0 N–H and O–H groups in total. The number of aromatic nitrogens is 2. The molecular formula is C39H30N2. The van der Waals surface area contributed by atoms with Crippen molar-refractivity contribution in [1.82, 2.24) is 9.13 Å². The van der Waals surface area contributed by atoms with Crippen LogP contribution in [-0.4, -0.2) is 9.13 Å². The Morgan fingerprint density at radius 2 is 1.05 bits per heavy atom. The van der Waals surface area contributed by atoms with Gasteiger partial charge < -0.3 is 9.13 Å². The minimum atomic E-state index is 0.489. The smallest absolute Gasteiger partial charge is 0.0547 e. The number of hydrogen-bond donors (Lipinski definition) is 0. The van der Waals surface area contributed by atoms with Crippen LogP contribution in [0.4, 0.5) is 0 Å². The summed E-state index contributed by atoms with van der Waals surface area (Å²) < 4.78 is 4.81. The van der Waals surface area contributed by atoms with E-state index in [-0.39, 0.29) is 0 Å². The third-order valence-electron chi connectivity index (χ3n) is 8.49. The molecule has 0 saturated carbocycles. The number of benzene rings is 6. The van der Waals surface area contributed by atoms with Crippen LogP contribution in [0.1, 0.15) is 25.3 Å². The zero-order valence-electron chi connectivity index (χ0n) is 23.3. The fourth-order valence-electron chi connectivity index (χ4n) is 6.56. The Morgan fingerprint density at radius 3 is 1.85 bits per heavy atom. The Labute approximate surface area is 239 Å². The summed E-state index contributed by atoms with van der Waals surface area (Å²) in [5, 5.41) is 5.16. The predicted molar refractivity (Wildman–Crippen MR) is 175 cm³/mol. The van der Waals surface area contributed by atoms with Crippen molar-refractivity contribution in [2.75, 3.05) is 0 Å². The van der Waals surface area contributed by atoms with Gasteiger partial charge in [-0.3, -0.25) is 0 Å². The van der Waals surface area contributed by atoms with E-state index in [2.05, 4.69) is 163 Å². The first kappa shape index (κ1) is 23.8. The van der Waals surface area contributed by atoms with Crippen LogP contribution < -0.4 is 0 Å². The van der Waals surface area contributed by atoms with Crippen LogP contribution in [0.15, 0.2) is 140 Å². The van der Waals surface area contributed by atoms with Gasteiger partial charge in [0.25, 0.3) is 0 Å². The fourth-order valence-corrected chi connectivity index (χ4v) is 6.56. The molecule has 0 aliphatic rings. The molecular weight excluding hydrogens is 496 g/mol. The first-order valence-electron chi connectivity index (χ1n) is 14.4. The maximum atomic E-state index is 2.42.